The normalized spacial score (nSPS) is 14.6. The molecule has 0 heterocycles. The average Bonchev–Trinajstić information content (AvgIpc) is 3.16. The molecule has 0 saturated carbocycles. The molecule has 0 spiro atoms. The summed E-state index contributed by atoms with van der Waals surface area (Å²) in [5.41, 5.74) is 5.56. The van der Waals surface area contributed by atoms with Gasteiger partial charge in [-0.2, -0.15) is 0 Å². The smallest absolute Gasteiger partial charge is 0.0000472 e. The molecular formula is C58H50. The Morgan fingerprint density at radius 1 is 0.207 bits per heavy atom. The van der Waals surface area contributed by atoms with Crippen LogP contribution in [-0.2, 0) is 21.7 Å². The molecule has 0 aliphatic rings. The van der Waals surface area contributed by atoms with Gasteiger partial charge in [0, 0.05) is 0 Å². The Hall–Kier alpha value is -5.46. The van der Waals surface area contributed by atoms with Gasteiger partial charge in [0.1, 0.15) is 0 Å². The molecule has 0 saturated heterocycles. The summed E-state index contributed by atoms with van der Waals surface area (Å²) >= 11 is 0. The lowest BCUT2D eigenvalue weighted by molar-refractivity contribution is 0.591. The molecule has 13 aromatic carbocycles. The summed E-state index contributed by atoms with van der Waals surface area (Å²) in [6.07, 6.45) is 0. The molecule has 282 valence electrons. The Bertz CT molecular complexity index is 3390. The van der Waals surface area contributed by atoms with Gasteiger partial charge in [0.05, 0.1) is 0 Å². The van der Waals surface area contributed by atoms with Crippen molar-refractivity contribution in [1.29, 1.82) is 0 Å². The summed E-state index contributed by atoms with van der Waals surface area (Å²) in [5, 5.41) is 34.4. The molecule has 0 nitrogen and oxygen atoms in total. The third-order valence-corrected chi connectivity index (χ3v) is 14.9. The highest BCUT2D eigenvalue weighted by atomic mass is 14.4. The minimum atomic E-state index is -0.0128. The first-order valence-corrected chi connectivity index (χ1v) is 21.6. The van der Waals surface area contributed by atoms with Gasteiger partial charge in [-0.15, -0.1) is 0 Å². The molecule has 13 aromatic rings. The van der Waals surface area contributed by atoms with Gasteiger partial charge in [-0.05, 0) is 222 Å². The average molecular weight is 747 g/mol. The summed E-state index contributed by atoms with van der Waals surface area (Å²) in [4.78, 5) is 0. The van der Waals surface area contributed by atoms with Gasteiger partial charge in [0.2, 0.25) is 0 Å². The van der Waals surface area contributed by atoms with E-state index in [0.717, 1.165) is 0 Å². The van der Waals surface area contributed by atoms with E-state index in [2.05, 4.69) is 168 Å². The van der Waals surface area contributed by atoms with E-state index < -0.39 is 0 Å². The van der Waals surface area contributed by atoms with E-state index in [1.165, 1.54) is 152 Å². The molecule has 13 rings (SSSR count). The zero-order chi connectivity index (χ0) is 40.1. The predicted molar refractivity (Wildman–Crippen MR) is 258 cm³/mol. The van der Waals surface area contributed by atoms with Gasteiger partial charge in [-0.25, -0.2) is 0 Å². The second-order valence-corrected chi connectivity index (χ2v) is 22.5. The highest BCUT2D eigenvalue weighted by Gasteiger charge is 2.34. The fourth-order valence-electron chi connectivity index (χ4n) is 11.9. The van der Waals surface area contributed by atoms with Gasteiger partial charge in [0.15, 0.2) is 0 Å². The van der Waals surface area contributed by atoms with E-state index in [4.69, 9.17) is 0 Å². The number of rotatable bonds is 0. The lowest BCUT2D eigenvalue weighted by atomic mass is 9.71. The molecule has 58 heavy (non-hydrogen) atoms. The van der Waals surface area contributed by atoms with Crippen molar-refractivity contribution in [2.24, 2.45) is 0 Å². The van der Waals surface area contributed by atoms with Crippen molar-refractivity contribution in [2.45, 2.75) is 105 Å². The van der Waals surface area contributed by atoms with E-state index in [1.54, 1.807) is 0 Å². The summed E-state index contributed by atoms with van der Waals surface area (Å²) in [5.74, 6) is 0. The molecule has 0 fully saturated rings. The molecule has 0 radical (unpaired) electrons. The van der Waals surface area contributed by atoms with Crippen LogP contribution in [0.4, 0.5) is 0 Å². The van der Waals surface area contributed by atoms with Crippen LogP contribution in [0.2, 0.25) is 0 Å². The van der Waals surface area contributed by atoms with Gasteiger partial charge >= 0.3 is 0 Å². The third kappa shape index (κ3) is 3.72. The van der Waals surface area contributed by atoms with Crippen LogP contribution in [0.25, 0.3) is 129 Å². The van der Waals surface area contributed by atoms with Crippen molar-refractivity contribution in [2.75, 3.05) is 0 Å². The van der Waals surface area contributed by atoms with Gasteiger partial charge in [0.25, 0.3) is 0 Å². The van der Waals surface area contributed by atoms with Crippen LogP contribution in [0, 0.1) is 0 Å². The second-order valence-electron chi connectivity index (χ2n) is 22.5. The van der Waals surface area contributed by atoms with Gasteiger partial charge in [-0.3, -0.25) is 0 Å². The van der Waals surface area contributed by atoms with Crippen molar-refractivity contribution >= 4 is 129 Å². The van der Waals surface area contributed by atoms with E-state index >= 15 is 0 Å². The Kier molecular flexibility index (Phi) is 5.60. The molecule has 0 N–H and O–H groups in total. The monoisotopic (exact) mass is 746 g/mol. The van der Waals surface area contributed by atoms with Crippen LogP contribution in [-0.4, -0.2) is 0 Å². The molecule has 0 bridgehead atoms. The zero-order valence-electron chi connectivity index (χ0n) is 36.1. The van der Waals surface area contributed by atoms with E-state index in [9.17, 15) is 0 Å². The second kappa shape index (κ2) is 9.69. The summed E-state index contributed by atoms with van der Waals surface area (Å²) in [6, 6.07) is 35.1. The summed E-state index contributed by atoms with van der Waals surface area (Å²) in [7, 11) is 0. The van der Waals surface area contributed by atoms with Gasteiger partial charge in [-0.1, -0.05) is 119 Å². The van der Waals surface area contributed by atoms with Crippen LogP contribution in [0.3, 0.4) is 0 Å². The molecule has 0 heteroatoms. The molecule has 0 aromatic heterocycles. The fraction of sp³-hybridized carbons (Fsp3) is 0.276. The minimum absolute atomic E-state index is 0.0128. The number of benzene rings is 13. The molecule has 0 aliphatic heterocycles. The fourth-order valence-corrected chi connectivity index (χ4v) is 11.9. The Morgan fingerprint density at radius 2 is 0.362 bits per heavy atom. The first kappa shape index (κ1) is 33.5. The van der Waals surface area contributed by atoms with Crippen LogP contribution in [0.1, 0.15) is 105 Å². The molecule has 0 aliphatic carbocycles. The van der Waals surface area contributed by atoms with Crippen molar-refractivity contribution in [3.63, 3.8) is 0 Å². The van der Waals surface area contributed by atoms with E-state index in [-0.39, 0.29) is 21.7 Å². The SMILES string of the molecule is CC(C)(C)c1cc2c3cccc4c5cc(C(C)(C)C)cc6c7cc(C(C)(C)C)cc8c9cccc%10c%11cc(C(C)(C)C)cc%12c(c1)c2c1c(c34)c(c56)c(c87)c(c%109)c1c%11%12. The first-order chi connectivity index (χ1) is 27.3. The zero-order valence-corrected chi connectivity index (χ0v) is 36.1. The Morgan fingerprint density at radius 3 is 0.534 bits per heavy atom. The number of hydrogen-bond acceptors (Lipinski definition) is 0. The van der Waals surface area contributed by atoms with Crippen LogP contribution in [0.15, 0.2) is 84.9 Å². The Labute approximate surface area is 339 Å². The van der Waals surface area contributed by atoms with Crippen LogP contribution in [0.5, 0.6) is 0 Å². The van der Waals surface area contributed by atoms with E-state index in [0.29, 0.717) is 0 Å². The topological polar surface area (TPSA) is 0 Å². The maximum atomic E-state index is 2.58. The maximum absolute atomic E-state index is 2.58. The lowest BCUT2D eigenvalue weighted by Crippen LogP contribution is -2.13. The predicted octanol–water partition coefficient (Wildman–Crippen LogP) is 17.3. The van der Waals surface area contributed by atoms with Crippen LogP contribution < -0.4 is 0 Å². The summed E-state index contributed by atoms with van der Waals surface area (Å²) < 4.78 is 0. The van der Waals surface area contributed by atoms with Gasteiger partial charge < -0.3 is 0 Å². The van der Waals surface area contributed by atoms with Crippen LogP contribution >= 0.6 is 0 Å². The van der Waals surface area contributed by atoms with Crippen molar-refractivity contribution in [3.8, 4) is 0 Å². The molecular weight excluding hydrogens is 697 g/mol. The largest absolute Gasteiger partial charge is 0.0610 e. The van der Waals surface area contributed by atoms with Crippen molar-refractivity contribution in [1.82, 2.24) is 0 Å². The highest BCUT2D eigenvalue weighted by molar-refractivity contribution is 6.61. The van der Waals surface area contributed by atoms with Crippen molar-refractivity contribution < 1.29 is 0 Å². The third-order valence-electron chi connectivity index (χ3n) is 14.9. The molecule has 0 amide bonds. The standard InChI is InChI=1S/C58H50/c1-55(2,3)27-19-35-31-15-13-16-32-37-21-29(57(7,8)9)25-41-42-26-30(58(10,11)12)22-38-34-18-14-17-33-36-20-28(56(4,5)6)24-40-39(23-27)45(35)51-49(43(31)32)53(47(37)41)54(48(38)42)50(44(33)34)52(51)46(36)40/h13-26H,1-12H3. The molecule has 0 atom stereocenters. The number of hydrogen-bond donors (Lipinski definition) is 0. The lowest BCUT2D eigenvalue weighted by Gasteiger charge is -2.32. The van der Waals surface area contributed by atoms with Crippen molar-refractivity contribution in [3.05, 3.63) is 107 Å². The highest BCUT2D eigenvalue weighted by Crippen LogP contribution is 2.61. The quantitative estimate of drug-likeness (QED) is 0.107. The first-order valence-electron chi connectivity index (χ1n) is 21.6. The minimum Gasteiger partial charge on any atom is -0.0610 e. The maximum Gasteiger partial charge on any atom is -0.0000472 e. The number of fused-ring (bicyclic) bond motifs is 6. The van der Waals surface area contributed by atoms with E-state index in [1.807, 2.05) is 0 Å². The Balaban J connectivity index is 1.50. The summed E-state index contributed by atoms with van der Waals surface area (Å²) in [6.45, 7) is 28.6. The molecule has 0 unspecified atom stereocenters.